The Bertz CT molecular complexity index is 950. The van der Waals surface area contributed by atoms with Gasteiger partial charge in [-0.3, -0.25) is 25.2 Å². The van der Waals surface area contributed by atoms with Crippen LogP contribution in [0.2, 0.25) is 0 Å². The van der Waals surface area contributed by atoms with Crippen LogP contribution in [0.15, 0.2) is 60.8 Å². The van der Waals surface area contributed by atoms with Crippen molar-refractivity contribution in [3.05, 3.63) is 71.9 Å². The van der Waals surface area contributed by atoms with E-state index in [9.17, 15) is 14.4 Å². The smallest absolute Gasteiger partial charge is 0.271 e. The van der Waals surface area contributed by atoms with Crippen LogP contribution in [0.3, 0.4) is 0 Å². The lowest BCUT2D eigenvalue weighted by Gasteiger charge is -2.08. The first-order valence-corrected chi connectivity index (χ1v) is 8.59. The maximum absolute atomic E-state index is 12.2. The largest absolute Gasteiger partial charge is 0.360 e. The number of carbonyl (C=O) groups excluding carboxylic acids is 3. The van der Waals surface area contributed by atoms with Crippen molar-refractivity contribution in [1.82, 2.24) is 21.2 Å². The van der Waals surface area contributed by atoms with E-state index in [-0.39, 0.29) is 31.2 Å². The quantitative estimate of drug-likeness (QED) is 0.500. The molecule has 3 amide bonds. The van der Waals surface area contributed by atoms with Gasteiger partial charge in [-0.25, -0.2) is 0 Å². The molecule has 0 bridgehead atoms. The molecule has 1 heterocycles. The fourth-order valence-corrected chi connectivity index (χ4v) is 2.67. The molecule has 0 saturated heterocycles. The Balaban J connectivity index is 1.39. The van der Waals surface area contributed by atoms with Crippen molar-refractivity contribution in [2.75, 3.05) is 6.54 Å². The molecule has 27 heavy (non-hydrogen) atoms. The number of aromatic amines is 1. The summed E-state index contributed by atoms with van der Waals surface area (Å²) in [6.07, 6.45) is 1.92. The van der Waals surface area contributed by atoms with Gasteiger partial charge in [0.2, 0.25) is 11.8 Å². The summed E-state index contributed by atoms with van der Waals surface area (Å²) >= 11 is 0. The van der Waals surface area contributed by atoms with Crippen LogP contribution in [-0.4, -0.2) is 29.3 Å². The zero-order valence-corrected chi connectivity index (χ0v) is 14.6. The molecular weight excluding hydrogens is 344 g/mol. The Hall–Kier alpha value is -3.61. The molecule has 0 aliphatic rings. The molecule has 0 saturated carbocycles. The summed E-state index contributed by atoms with van der Waals surface area (Å²) in [5, 5.41) is 3.46. The number of hydrogen-bond donors (Lipinski definition) is 4. The van der Waals surface area contributed by atoms with Crippen molar-refractivity contribution in [2.24, 2.45) is 0 Å². The monoisotopic (exact) mass is 364 g/mol. The first kappa shape index (κ1) is 18.2. The van der Waals surface area contributed by atoms with Gasteiger partial charge in [-0.15, -0.1) is 0 Å². The minimum atomic E-state index is -0.408. The van der Waals surface area contributed by atoms with Gasteiger partial charge in [-0.1, -0.05) is 48.5 Å². The maximum Gasteiger partial charge on any atom is 0.271 e. The summed E-state index contributed by atoms with van der Waals surface area (Å²) in [6.45, 7) is 0.195. The Labute approximate surface area is 156 Å². The van der Waals surface area contributed by atoms with Crippen molar-refractivity contribution < 1.29 is 14.4 Å². The van der Waals surface area contributed by atoms with Crippen molar-refractivity contribution in [2.45, 2.75) is 12.8 Å². The van der Waals surface area contributed by atoms with E-state index in [4.69, 9.17) is 0 Å². The molecule has 1 aromatic heterocycles. The molecule has 7 nitrogen and oxygen atoms in total. The molecule has 0 aliphatic heterocycles. The third kappa shape index (κ3) is 4.94. The summed E-state index contributed by atoms with van der Waals surface area (Å²) in [5.41, 5.74) is 6.94. The van der Waals surface area contributed by atoms with E-state index < -0.39 is 5.91 Å². The second-order valence-electron chi connectivity index (χ2n) is 6.01. The van der Waals surface area contributed by atoms with Crippen LogP contribution < -0.4 is 16.2 Å². The average Bonchev–Trinajstić information content (AvgIpc) is 3.11. The van der Waals surface area contributed by atoms with E-state index in [2.05, 4.69) is 21.2 Å². The topological polar surface area (TPSA) is 103 Å². The minimum Gasteiger partial charge on any atom is -0.360 e. The number of H-pyrrole nitrogens is 1. The molecule has 3 aromatic rings. The van der Waals surface area contributed by atoms with Crippen molar-refractivity contribution in [3.63, 3.8) is 0 Å². The number of carbonyl (C=O) groups is 3. The van der Waals surface area contributed by atoms with Crippen molar-refractivity contribution in [1.29, 1.82) is 0 Å². The van der Waals surface area contributed by atoms with Gasteiger partial charge in [0, 0.05) is 30.1 Å². The predicted octanol–water partition coefficient (Wildman–Crippen LogP) is 1.68. The fourth-order valence-electron chi connectivity index (χ4n) is 2.67. The SMILES string of the molecule is O=C(Cc1ccccc1)NCCC(=O)NNC(=O)c1c[nH]c2ccccc12. The summed E-state index contributed by atoms with van der Waals surface area (Å²) in [6, 6.07) is 16.7. The lowest BCUT2D eigenvalue weighted by atomic mass is 10.1. The number of benzene rings is 2. The van der Waals surface area contributed by atoms with E-state index in [0.717, 1.165) is 16.5 Å². The zero-order valence-electron chi connectivity index (χ0n) is 14.6. The molecule has 2 aromatic carbocycles. The summed E-state index contributed by atoms with van der Waals surface area (Å²) in [4.78, 5) is 38.9. The van der Waals surface area contributed by atoms with Crippen LogP contribution in [-0.2, 0) is 16.0 Å². The Kier molecular flexibility index (Phi) is 5.84. The van der Waals surface area contributed by atoms with Gasteiger partial charge >= 0.3 is 0 Å². The molecule has 0 radical (unpaired) electrons. The predicted molar refractivity (Wildman–Crippen MR) is 102 cm³/mol. The van der Waals surface area contributed by atoms with Gasteiger partial charge in [0.15, 0.2) is 0 Å². The number of rotatable bonds is 6. The molecule has 7 heteroatoms. The van der Waals surface area contributed by atoms with E-state index in [0.29, 0.717) is 5.56 Å². The summed E-state index contributed by atoms with van der Waals surface area (Å²) in [5.74, 6) is -0.950. The lowest BCUT2D eigenvalue weighted by molar-refractivity contribution is -0.122. The molecule has 0 atom stereocenters. The Morgan fingerprint density at radius 3 is 2.41 bits per heavy atom. The third-order valence-corrected chi connectivity index (χ3v) is 4.03. The average molecular weight is 364 g/mol. The highest BCUT2D eigenvalue weighted by Gasteiger charge is 2.12. The van der Waals surface area contributed by atoms with Crippen molar-refractivity contribution in [3.8, 4) is 0 Å². The van der Waals surface area contributed by atoms with Crippen LogP contribution in [0.5, 0.6) is 0 Å². The first-order valence-electron chi connectivity index (χ1n) is 8.59. The molecule has 0 fully saturated rings. The second-order valence-corrected chi connectivity index (χ2v) is 6.01. The highest BCUT2D eigenvalue weighted by molar-refractivity contribution is 6.07. The third-order valence-electron chi connectivity index (χ3n) is 4.03. The molecule has 3 rings (SSSR count). The van der Waals surface area contributed by atoms with Gasteiger partial charge in [0.05, 0.1) is 12.0 Å². The van der Waals surface area contributed by atoms with Gasteiger partial charge in [0.25, 0.3) is 5.91 Å². The number of fused-ring (bicyclic) bond motifs is 1. The number of para-hydroxylation sites is 1. The number of hydrazine groups is 1. The second kappa shape index (κ2) is 8.66. The molecule has 0 spiro atoms. The molecular formula is C20H20N4O3. The van der Waals surface area contributed by atoms with Crippen LogP contribution in [0, 0.1) is 0 Å². The fraction of sp³-hybridized carbons (Fsp3) is 0.150. The molecule has 0 unspecified atom stereocenters. The summed E-state index contributed by atoms with van der Waals surface area (Å²) < 4.78 is 0. The van der Waals surface area contributed by atoms with E-state index >= 15 is 0 Å². The van der Waals surface area contributed by atoms with Crippen LogP contribution >= 0.6 is 0 Å². The van der Waals surface area contributed by atoms with Crippen molar-refractivity contribution >= 4 is 28.6 Å². The standard InChI is InChI=1S/C20H20N4O3/c25-18(10-11-21-19(26)12-14-6-2-1-3-7-14)23-24-20(27)16-13-22-17-9-5-4-8-15(16)17/h1-9,13,22H,10-12H2,(H,21,26)(H,23,25)(H,24,27). The van der Waals surface area contributed by atoms with Gasteiger partial charge in [-0.2, -0.15) is 0 Å². The first-order chi connectivity index (χ1) is 13.1. The number of amides is 3. The maximum atomic E-state index is 12.2. The highest BCUT2D eigenvalue weighted by atomic mass is 16.2. The molecule has 0 aliphatic carbocycles. The number of hydrogen-bond acceptors (Lipinski definition) is 3. The number of aromatic nitrogens is 1. The highest BCUT2D eigenvalue weighted by Crippen LogP contribution is 2.17. The van der Waals surface area contributed by atoms with E-state index in [1.807, 2.05) is 54.6 Å². The van der Waals surface area contributed by atoms with Gasteiger partial charge in [0.1, 0.15) is 0 Å². The zero-order chi connectivity index (χ0) is 19.1. The van der Waals surface area contributed by atoms with Crippen LogP contribution in [0.1, 0.15) is 22.3 Å². The minimum absolute atomic E-state index is 0.0642. The van der Waals surface area contributed by atoms with E-state index in [1.165, 1.54) is 0 Å². The Morgan fingerprint density at radius 2 is 1.59 bits per heavy atom. The van der Waals surface area contributed by atoms with Crippen LogP contribution in [0.4, 0.5) is 0 Å². The normalized spacial score (nSPS) is 10.4. The Morgan fingerprint density at radius 1 is 0.852 bits per heavy atom. The van der Waals surface area contributed by atoms with Gasteiger partial charge in [-0.05, 0) is 11.6 Å². The van der Waals surface area contributed by atoms with Gasteiger partial charge < -0.3 is 10.3 Å². The number of nitrogens with one attached hydrogen (secondary N) is 4. The summed E-state index contributed by atoms with van der Waals surface area (Å²) in [7, 11) is 0. The molecule has 4 N–H and O–H groups in total. The molecule has 138 valence electrons. The van der Waals surface area contributed by atoms with E-state index in [1.54, 1.807) is 6.20 Å². The lowest BCUT2D eigenvalue weighted by Crippen LogP contribution is -2.42. The van der Waals surface area contributed by atoms with Crippen LogP contribution in [0.25, 0.3) is 10.9 Å².